The van der Waals surface area contributed by atoms with Crippen LogP contribution in [0.4, 0.5) is 0 Å². The standard InChI is InChI=1S/C35H28O20/c1-10-24(44)30(53-33(49)12-4-18(40)26(46)19(41)5-12)32(54-34(50)13-6-20(42)27(47)21(43)7-13)35(51-10)55-31-28(48)23-15(37)8-14(36)9-22(23)52-29(31)11-2-16(38)25(45)17(39)3-11/h2-10,24,30,32,35-47H,1H3/t10-,24+,30-,32+,35+/m1/s1. The van der Waals surface area contributed by atoms with Crippen molar-refractivity contribution in [3.8, 4) is 80.3 Å². The summed E-state index contributed by atoms with van der Waals surface area (Å²) in [5.41, 5.74) is -3.29. The Labute approximate surface area is 304 Å². The minimum absolute atomic E-state index is 0.368. The Balaban J connectivity index is 1.51. The predicted octanol–water partition coefficient (Wildman–Crippen LogP) is 2.16. The number of fused-ring (bicyclic) bond motifs is 1. The quantitative estimate of drug-likeness (QED) is 0.0833. The monoisotopic (exact) mass is 768 g/mol. The first kappa shape index (κ1) is 37.3. The summed E-state index contributed by atoms with van der Waals surface area (Å²) in [4.78, 5) is 40.9. The molecule has 1 aromatic heterocycles. The van der Waals surface area contributed by atoms with Crippen LogP contribution in [0.2, 0.25) is 0 Å². The Morgan fingerprint density at radius 1 is 0.618 bits per heavy atom. The highest BCUT2D eigenvalue weighted by molar-refractivity contribution is 5.92. The first-order chi connectivity index (χ1) is 25.9. The van der Waals surface area contributed by atoms with E-state index in [1.807, 2.05) is 0 Å². The zero-order valence-corrected chi connectivity index (χ0v) is 27.6. The van der Waals surface area contributed by atoms with Gasteiger partial charge < -0.3 is 84.6 Å². The van der Waals surface area contributed by atoms with Crippen LogP contribution in [-0.2, 0) is 14.2 Å². The van der Waals surface area contributed by atoms with Gasteiger partial charge in [-0.15, -0.1) is 0 Å². The molecule has 5 aromatic rings. The Morgan fingerprint density at radius 3 is 1.56 bits per heavy atom. The van der Waals surface area contributed by atoms with Crippen LogP contribution in [0.3, 0.4) is 0 Å². The zero-order valence-electron chi connectivity index (χ0n) is 27.6. The summed E-state index contributed by atoms with van der Waals surface area (Å²) in [6, 6.07) is 6.02. The molecule has 6 rings (SSSR count). The SMILES string of the molecule is C[C@H]1O[C@@H](Oc2c(-c3cc(O)c(O)c(O)c3)oc3cc(O)cc(O)c3c2=O)[C@@H](OC(=O)c2cc(O)c(O)c(O)c2)[C@H](OC(=O)c2cc(O)c(O)c(O)c2)[C@H]1O. The number of carbonyl (C=O) groups is 2. The number of benzene rings is 4. The normalized spacial score (nSPS) is 19.5. The van der Waals surface area contributed by atoms with Crippen molar-refractivity contribution < 1.29 is 94.2 Å². The summed E-state index contributed by atoms with van der Waals surface area (Å²) >= 11 is 0. The average Bonchev–Trinajstić information content (AvgIpc) is 3.11. The Bertz CT molecular complexity index is 2370. The summed E-state index contributed by atoms with van der Waals surface area (Å²) < 4.78 is 28.4. The molecule has 0 unspecified atom stereocenters. The third kappa shape index (κ3) is 6.80. The Hall–Kier alpha value is -7.45. The lowest BCUT2D eigenvalue weighted by Gasteiger charge is -2.42. The van der Waals surface area contributed by atoms with Crippen molar-refractivity contribution in [2.75, 3.05) is 0 Å². The highest BCUT2D eigenvalue weighted by Crippen LogP contribution is 2.44. The number of aromatic hydroxyl groups is 11. The van der Waals surface area contributed by atoms with Gasteiger partial charge in [0, 0.05) is 17.7 Å². The zero-order chi connectivity index (χ0) is 40.2. The molecular formula is C35H28O20. The molecule has 288 valence electrons. The second-order valence-electron chi connectivity index (χ2n) is 12.1. The van der Waals surface area contributed by atoms with Gasteiger partial charge in [0.2, 0.25) is 23.6 Å². The third-order valence-corrected chi connectivity index (χ3v) is 8.34. The number of aliphatic hydroxyl groups excluding tert-OH is 1. The van der Waals surface area contributed by atoms with Crippen molar-refractivity contribution in [1.82, 2.24) is 0 Å². The molecule has 1 fully saturated rings. The topological polar surface area (TPSA) is 344 Å². The summed E-state index contributed by atoms with van der Waals surface area (Å²) in [6.45, 7) is 1.22. The minimum atomic E-state index is -2.17. The maximum atomic E-state index is 14.1. The first-order valence-electron chi connectivity index (χ1n) is 15.6. The van der Waals surface area contributed by atoms with Crippen molar-refractivity contribution in [3.63, 3.8) is 0 Å². The van der Waals surface area contributed by atoms with Gasteiger partial charge in [0.1, 0.15) is 28.6 Å². The van der Waals surface area contributed by atoms with E-state index in [1.165, 1.54) is 6.92 Å². The molecule has 0 spiro atoms. The number of hydrogen-bond acceptors (Lipinski definition) is 20. The van der Waals surface area contributed by atoms with Gasteiger partial charge in [-0.1, -0.05) is 0 Å². The van der Waals surface area contributed by atoms with Gasteiger partial charge in [-0.2, -0.15) is 0 Å². The fourth-order valence-electron chi connectivity index (χ4n) is 5.58. The molecule has 0 radical (unpaired) electrons. The number of phenols is 11. The van der Waals surface area contributed by atoms with Crippen LogP contribution in [0.1, 0.15) is 27.6 Å². The van der Waals surface area contributed by atoms with Crippen molar-refractivity contribution >= 4 is 22.9 Å². The largest absolute Gasteiger partial charge is 0.508 e. The Morgan fingerprint density at radius 2 is 1.07 bits per heavy atom. The lowest BCUT2D eigenvalue weighted by atomic mass is 9.98. The van der Waals surface area contributed by atoms with Crippen LogP contribution >= 0.6 is 0 Å². The van der Waals surface area contributed by atoms with Crippen molar-refractivity contribution in [3.05, 3.63) is 69.9 Å². The minimum Gasteiger partial charge on any atom is -0.508 e. The van der Waals surface area contributed by atoms with Crippen LogP contribution in [0.15, 0.2) is 57.7 Å². The van der Waals surface area contributed by atoms with E-state index in [-0.39, 0.29) is 5.56 Å². The molecule has 1 saturated heterocycles. The smallest absolute Gasteiger partial charge is 0.339 e. The van der Waals surface area contributed by atoms with E-state index in [0.717, 1.165) is 24.3 Å². The van der Waals surface area contributed by atoms with E-state index in [9.17, 15) is 75.7 Å². The summed E-state index contributed by atoms with van der Waals surface area (Å²) in [6.07, 6.45) is -9.69. The molecule has 1 aliphatic rings. The highest BCUT2D eigenvalue weighted by Gasteiger charge is 2.50. The van der Waals surface area contributed by atoms with E-state index in [1.54, 1.807) is 0 Å². The predicted molar refractivity (Wildman–Crippen MR) is 178 cm³/mol. The summed E-state index contributed by atoms with van der Waals surface area (Å²) in [7, 11) is 0. The van der Waals surface area contributed by atoms with Gasteiger partial charge >= 0.3 is 11.9 Å². The van der Waals surface area contributed by atoms with Crippen LogP contribution < -0.4 is 10.2 Å². The molecular weight excluding hydrogens is 740 g/mol. The number of carbonyl (C=O) groups excluding carboxylic acids is 2. The van der Waals surface area contributed by atoms with Crippen molar-refractivity contribution in [2.45, 2.75) is 37.6 Å². The molecule has 5 atom stereocenters. The van der Waals surface area contributed by atoms with E-state index in [2.05, 4.69) is 0 Å². The molecule has 20 nitrogen and oxygen atoms in total. The van der Waals surface area contributed by atoms with Gasteiger partial charge in [-0.05, 0) is 43.3 Å². The van der Waals surface area contributed by atoms with Gasteiger partial charge in [-0.25, -0.2) is 9.59 Å². The molecule has 2 heterocycles. The average molecular weight is 769 g/mol. The number of ether oxygens (including phenoxy) is 4. The van der Waals surface area contributed by atoms with Gasteiger partial charge in [0.25, 0.3) is 0 Å². The lowest BCUT2D eigenvalue weighted by molar-refractivity contribution is -0.267. The van der Waals surface area contributed by atoms with Crippen LogP contribution in [0.5, 0.6) is 69.0 Å². The number of esters is 2. The second kappa shape index (κ2) is 13.8. The van der Waals surface area contributed by atoms with Crippen molar-refractivity contribution in [1.29, 1.82) is 0 Å². The summed E-state index contributed by atoms with van der Waals surface area (Å²) in [5, 5.41) is 121. The maximum absolute atomic E-state index is 14.1. The molecule has 55 heavy (non-hydrogen) atoms. The molecule has 20 heteroatoms. The van der Waals surface area contributed by atoms with E-state index in [0.29, 0.717) is 24.3 Å². The highest BCUT2D eigenvalue weighted by atomic mass is 16.7. The fraction of sp³-hybridized carbons (Fsp3) is 0.171. The van der Waals surface area contributed by atoms with E-state index < -0.39 is 145 Å². The van der Waals surface area contributed by atoms with Gasteiger partial charge in [0.15, 0.2) is 63.6 Å². The third-order valence-electron chi connectivity index (χ3n) is 8.34. The van der Waals surface area contributed by atoms with Crippen LogP contribution in [0, 0.1) is 0 Å². The lowest BCUT2D eigenvalue weighted by Crippen LogP contribution is -2.61. The van der Waals surface area contributed by atoms with Crippen LogP contribution in [0.25, 0.3) is 22.3 Å². The number of rotatable bonds is 7. The molecule has 0 bridgehead atoms. The molecule has 0 saturated carbocycles. The molecule has 4 aromatic carbocycles. The number of hydrogen-bond donors (Lipinski definition) is 12. The Kier molecular flexibility index (Phi) is 9.39. The van der Waals surface area contributed by atoms with Gasteiger partial charge in [-0.3, -0.25) is 4.79 Å². The van der Waals surface area contributed by atoms with E-state index in [4.69, 9.17) is 23.4 Å². The van der Waals surface area contributed by atoms with Gasteiger partial charge in [0.05, 0.1) is 17.2 Å². The molecule has 12 N–H and O–H groups in total. The molecule has 0 amide bonds. The molecule has 1 aliphatic heterocycles. The first-order valence-corrected chi connectivity index (χ1v) is 15.6. The van der Waals surface area contributed by atoms with Crippen molar-refractivity contribution in [2.24, 2.45) is 0 Å². The molecule has 0 aliphatic carbocycles. The van der Waals surface area contributed by atoms with E-state index >= 15 is 0 Å². The number of aliphatic hydroxyl groups is 1. The number of phenolic OH excluding ortho intramolecular Hbond substituents is 11. The second-order valence-corrected chi connectivity index (χ2v) is 12.1. The van der Waals surface area contributed by atoms with Crippen LogP contribution in [-0.4, -0.2) is 104 Å². The fourth-order valence-corrected chi connectivity index (χ4v) is 5.58. The maximum Gasteiger partial charge on any atom is 0.339 e. The summed E-state index contributed by atoms with van der Waals surface area (Å²) in [5.74, 6) is -14.5.